The molecule has 0 saturated carbocycles. The van der Waals surface area contributed by atoms with Gasteiger partial charge in [0.05, 0.1) is 6.04 Å². The summed E-state index contributed by atoms with van der Waals surface area (Å²) in [6.45, 7) is 5.47. The van der Waals surface area contributed by atoms with Gasteiger partial charge >= 0.3 is 0 Å². The zero-order chi connectivity index (χ0) is 11.3. The van der Waals surface area contributed by atoms with Crippen LogP contribution in [-0.2, 0) is 4.79 Å². The molecule has 0 aliphatic heterocycles. The molecule has 1 amide bonds. The van der Waals surface area contributed by atoms with Gasteiger partial charge in [0.15, 0.2) is 0 Å². The summed E-state index contributed by atoms with van der Waals surface area (Å²) in [6.07, 6.45) is 2.16. The lowest BCUT2D eigenvalue weighted by atomic mass is 10.0. The lowest BCUT2D eigenvalue weighted by Gasteiger charge is -2.16. The summed E-state index contributed by atoms with van der Waals surface area (Å²) in [7, 11) is 0. The van der Waals surface area contributed by atoms with Crippen molar-refractivity contribution >= 4 is 21.8 Å². The van der Waals surface area contributed by atoms with Crippen LogP contribution in [0.5, 0.6) is 0 Å². The summed E-state index contributed by atoms with van der Waals surface area (Å²) in [5.41, 5.74) is 1.11. The Hall–Kier alpha value is -1.09. The van der Waals surface area contributed by atoms with E-state index < -0.39 is 0 Å². The second-order valence-corrected chi connectivity index (χ2v) is 4.14. The van der Waals surface area contributed by atoms with Crippen molar-refractivity contribution in [2.45, 2.75) is 19.4 Å². The summed E-state index contributed by atoms with van der Waals surface area (Å²) >= 11 is 3.38. The van der Waals surface area contributed by atoms with Crippen molar-refractivity contribution < 1.29 is 4.79 Å². The van der Waals surface area contributed by atoms with Crippen molar-refractivity contribution in [1.29, 1.82) is 0 Å². The van der Waals surface area contributed by atoms with E-state index in [1.807, 2.05) is 31.2 Å². The van der Waals surface area contributed by atoms with Gasteiger partial charge < -0.3 is 5.32 Å². The van der Waals surface area contributed by atoms with Crippen molar-refractivity contribution in [3.8, 4) is 0 Å². The highest BCUT2D eigenvalue weighted by Crippen LogP contribution is 2.19. The number of amides is 1. The van der Waals surface area contributed by atoms with Gasteiger partial charge in [-0.05, 0) is 30.2 Å². The van der Waals surface area contributed by atoms with Crippen LogP contribution in [0.3, 0.4) is 0 Å². The van der Waals surface area contributed by atoms with Crippen LogP contribution in [0.15, 0.2) is 41.4 Å². The van der Waals surface area contributed by atoms with Gasteiger partial charge in [-0.15, -0.1) is 0 Å². The predicted octanol–water partition coefficient (Wildman–Crippen LogP) is 3.20. The molecule has 0 bridgehead atoms. The van der Waals surface area contributed by atoms with Crippen LogP contribution >= 0.6 is 15.9 Å². The number of hydrogen-bond acceptors (Lipinski definition) is 1. The van der Waals surface area contributed by atoms with Crippen molar-refractivity contribution in [2.24, 2.45) is 0 Å². The van der Waals surface area contributed by atoms with Crippen molar-refractivity contribution in [3.63, 3.8) is 0 Å². The molecule has 1 N–H and O–H groups in total. The molecule has 1 atom stereocenters. The predicted molar refractivity (Wildman–Crippen MR) is 65.5 cm³/mol. The number of rotatable bonds is 4. The average Bonchev–Trinajstić information content (AvgIpc) is 2.27. The number of halogens is 1. The van der Waals surface area contributed by atoms with Gasteiger partial charge in [0.1, 0.15) is 0 Å². The Morgan fingerprint density at radius 1 is 1.53 bits per heavy atom. The molecule has 1 unspecified atom stereocenters. The zero-order valence-electron chi connectivity index (χ0n) is 8.66. The van der Waals surface area contributed by atoms with E-state index in [0.717, 1.165) is 16.5 Å². The highest BCUT2D eigenvalue weighted by molar-refractivity contribution is 9.10. The van der Waals surface area contributed by atoms with Crippen LogP contribution in [0.1, 0.15) is 24.9 Å². The van der Waals surface area contributed by atoms with Crippen LogP contribution in [0.25, 0.3) is 0 Å². The lowest BCUT2D eigenvalue weighted by molar-refractivity contribution is -0.117. The van der Waals surface area contributed by atoms with E-state index in [-0.39, 0.29) is 11.9 Å². The fraction of sp³-hybridized carbons (Fsp3) is 0.250. The molecular formula is C12H14BrNO. The third-order valence-electron chi connectivity index (χ3n) is 2.18. The quantitative estimate of drug-likeness (QED) is 0.835. The normalized spacial score (nSPS) is 11.9. The van der Waals surface area contributed by atoms with Crippen LogP contribution in [0.4, 0.5) is 0 Å². The molecule has 0 saturated heterocycles. The molecule has 80 valence electrons. The monoisotopic (exact) mass is 267 g/mol. The van der Waals surface area contributed by atoms with E-state index >= 15 is 0 Å². The van der Waals surface area contributed by atoms with Gasteiger partial charge in [-0.1, -0.05) is 41.6 Å². The third-order valence-corrected chi connectivity index (χ3v) is 2.71. The molecule has 2 nitrogen and oxygen atoms in total. The molecule has 0 spiro atoms. The Balaban J connectivity index is 2.78. The van der Waals surface area contributed by atoms with Gasteiger partial charge in [0.2, 0.25) is 5.91 Å². The maximum absolute atomic E-state index is 11.2. The fourth-order valence-corrected chi connectivity index (χ4v) is 1.61. The number of benzene rings is 1. The summed E-state index contributed by atoms with van der Waals surface area (Å²) in [5, 5.41) is 2.88. The molecule has 3 heteroatoms. The summed E-state index contributed by atoms with van der Waals surface area (Å²) in [6, 6.07) is 8.00. The first-order valence-corrected chi connectivity index (χ1v) is 5.65. The lowest BCUT2D eigenvalue weighted by Crippen LogP contribution is -2.26. The van der Waals surface area contributed by atoms with Crippen LogP contribution < -0.4 is 5.32 Å². The highest BCUT2D eigenvalue weighted by Gasteiger charge is 2.10. The van der Waals surface area contributed by atoms with E-state index in [4.69, 9.17) is 0 Å². The molecule has 0 aliphatic carbocycles. The number of carbonyl (C=O) groups excluding carboxylic acids is 1. The SMILES string of the molecule is C=CC(=O)NC(CC)c1ccc(Br)cc1. The fourth-order valence-electron chi connectivity index (χ4n) is 1.35. The summed E-state index contributed by atoms with van der Waals surface area (Å²) in [4.78, 5) is 11.2. The molecule has 1 aromatic rings. The maximum Gasteiger partial charge on any atom is 0.243 e. The van der Waals surface area contributed by atoms with Gasteiger partial charge in [-0.2, -0.15) is 0 Å². The number of carbonyl (C=O) groups is 1. The molecule has 0 radical (unpaired) electrons. The molecule has 1 aromatic carbocycles. The number of nitrogens with one attached hydrogen (secondary N) is 1. The van der Waals surface area contributed by atoms with E-state index in [2.05, 4.69) is 27.8 Å². The average molecular weight is 268 g/mol. The van der Waals surface area contributed by atoms with E-state index in [1.54, 1.807) is 0 Å². The first kappa shape index (κ1) is 12.0. The maximum atomic E-state index is 11.2. The van der Waals surface area contributed by atoms with Crippen molar-refractivity contribution in [3.05, 3.63) is 47.0 Å². The van der Waals surface area contributed by atoms with Crippen molar-refractivity contribution in [1.82, 2.24) is 5.32 Å². The Kier molecular flexibility index (Phi) is 4.56. The zero-order valence-corrected chi connectivity index (χ0v) is 10.3. The minimum Gasteiger partial charge on any atom is -0.346 e. The van der Waals surface area contributed by atoms with Crippen LogP contribution in [0.2, 0.25) is 0 Å². The molecule has 0 aromatic heterocycles. The minimum absolute atomic E-state index is 0.0589. The molecule has 15 heavy (non-hydrogen) atoms. The van der Waals surface area contributed by atoms with Gasteiger partial charge in [-0.3, -0.25) is 4.79 Å². The van der Waals surface area contributed by atoms with Gasteiger partial charge in [-0.25, -0.2) is 0 Å². The summed E-state index contributed by atoms with van der Waals surface area (Å²) < 4.78 is 1.04. The van der Waals surface area contributed by atoms with Gasteiger partial charge in [0, 0.05) is 4.47 Å². The largest absolute Gasteiger partial charge is 0.346 e. The first-order valence-electron chi connectivity index (χ1n) is 4.85. The van der Waals surface area contributed by atoms with Crippen molar-refractivity contribution in [2.75, 3.05) is 0 Å². The Bertz CT molecular complexity index is 345. The Morgan fingerprint density at radius 3 is 2.60 bits per heavy atom. The second-order valence-electron chi connectivity index (χ2n) is 3.23. The standard InChI is InChI=1S/C12H14BrNO/c1-3-11(14-12(15)4-2)9-5-7-10(13)8-6-9/h4-8,11H,2-3H2,1H3,(H,14,15). The van der Waals surface area contributed by atoms with Gasteiger partial charge in [0.25, 0.3) is 0 Å². The topological polar surface area (TPSA) is 29.1 Å². The van der Waals surface area contributed by atoms with E-state index in [0.29, 0.717) is 0 Å². The Morgan fingerprint density at radius 2 is 2.13 bits per heavy atom. The molecule has 0 heterocycles. The minimum atomic E-state index is -0.134. The molecular weight excluding hydrogens is 254 g/mol. The van der Waals surface area contributed by atoms with Crippen LogP contribution in [-0.4, -0.2) is 5.91 Å². The highest BCUT2D eigenvalue weighted by atomic mass is 79.9. The summed E-state index contributed by atoms with van der Waals surface area (Å²) in [5.74, 6) is -0.134. The first-order chi connectivity index (χ1) is 7.17. The Labute approximate surface area is 98.5 Å². The van der Waals surface area contributed by atoms with Crippen LogP contribution in [0, 0.1) is 0 Å². The van der Waals surface area contributed by atoms with E-state index in [1.165, 1.54) is 6.08 Å². The van der Waals surface area contributed by atoms with E-state index in [9.17, 15) is 4.79 Å². The third kappa shape index (κ3) is 3.51. The molecule has 0 fully saturated rings. The molecule has 0 aliphatic rings. The second kappa shape index (κ2) is 5.71. The smallest absolute Gasteiger partial charge is 0.243 e. The molecule has 1 rings (SSSR count). The number of hydrogen-bond donors (Lipinski definition) is 1.